The number of fused-ring (bicyclic) bond motifs is 1. The fourth-order valence-electron chi connectivity index (χ4n) is 3.08. The van der Waals surface area contributed by atoms with Gasteiger partial charge in [-0.25, -0.2) is 4.68 Å². The summed E-state index contributed by atoms with van der Waals surface area (Å²) in [5.41, 5.74) is -0.925. The lowest BCUT2D eigenvalue weighted by Crippen LogP contribution is -2.29. The molecule has 7 nitrogen and oxygen atoms in total. The lowest BCUT2D eigenvalue weighted by atomic mass is 10.1. The summed E-state index contributed by atoms with van der Waals surface area (Å²) >= 11 is 0. The van der Waals surface area contributed by atoms with E-state index in [4.69, 9.17) is 9.47 Å². The Kier molecular flexibility index (Phi) is 5.37. The van der Waals surface area contributed by atoms with Crippen molar-refractivity contribution in [1.29, 1.82) is 0 Å². The lowest BCUT2D eigenvalue weighted by Gasteiger charge is -2.18. The second kappa shape index (κ2) is 8.13. The third-order valence-corrected chi connectivity index (χ3v) is 4.50. The SMILES string of the molecule is O=C(Cn1nc(-c2ccc3c(c2)OCCO3)ccc1=O)Nc1ccccc1C(F)(F)F. The van der Waals surface area contributed by atoms with Crippen LogP contribution in [0.25, 0.3) is 11.3 Å². The predicted octanol–water partition coefficient (Wildman–Crippen LogP) is 3.34. The molecular weight excluding hydrogens is 415 g/mol. The molecule has 0 atom stereocenters. The minimum absolute atomic E-state index is 0.389. The van der Waals surface area contributed by atoms with Crippen molar-refractivity contribution in [1.82, 2.24) is 9.78 Å². The minimum Gasteiger partial charge on any atom is -0.486 e. The maximum Gasteiger partial charge on any atom is 0.418 e. The number of aromatic nitrogens is 2. The summed E-state index contributed by atoms with van der Waals surface area (Å²) in [6.45, 7) is 0.300. The number of carbonyl (C=O) groups excluding carboxylic acids is 1. The first-order chi connectivity index (χ1) is 14.8. The van der Waals surface area contributed by atoms with Crippen LogP contribution in [0.2, 0.25) is 0 Å². The molecule has 160 valence electrons. The zero-order valence-corrected chi connectivity index (χ0v) is 16.0. The molecule has 0 fully saturated rings. The second-order valence-electron chi connectivity index (χ2n) is 6.66. The third-order valence-electron chi connectivity index (χ3n) is 4.50. The number of ether oxygens (including phenoxy) is 2. The van der Waals surface area contributed by atoms with E-state index < -0.39 is 35.4 Å². The highest BCUT2D eigenvalue weighted by atomic mass is 19.4. The molecule has 0 unspecified atom stereocenters. The summed E-state index contributed by atoms with van der Waals surface area (Å²) < 4.78 is 51.2. The van der Waals surface area contributed by atoms with Crippen molar-refractivity contribution in [2.45, 2.75) is 12.7 Å². The molecule has 0 saturated heterocycles. The van der Waals surface area contributed by atoms with Gasteiger partial charge in [-0.3, -0.25) is 9.59 Å². The molecule has 3 aromatic rings. The fourth-order valence-corrected chi connectivity index (χ4v) is 3.08. The zero-order chi connectivity index (χ0) is 22.0. The van der Waals surface area contributed by atoms with Gasteiger partial charge in [0.1, 0.15) is 19.8 Å². The largest absolute Gasteiger partial charge is 0.486 e. The Morgan fingerprint density at radius 1 is 1.03 bits per heavy atom. The quantitative estimate of drug-likeness (QED) is 0.685. The number of carbonyl (C=O) groups is 1. The van der Waals surface area contributed by atoms with Gasteiger partial charge in [0.05, 0.1) is 16.9 Å². The Bertz CT molecular complexity index is 1190. The molecule has 31 heavy (non-hydrogen) atoms. The highest BCUT2D eigenvalue weighted by Gasteiger charge is 2.33. The Labute approximate surface area is 174 Å². The van der Waals surface area contributed by atoms with Crippen LogP contribution in [0.15, 0.2) is 59.4 Å². The van der Waals surface area contributed by atoms with Crippen LogP contribution < -0.4 is 20.3 Å². The van der Waals surface area contributed by atoms with Crippen molar-refractivity contribution in [3.05, 3.63) is 70.5 Å². The number of hydrogen-bond donors (Lipinski definition) is 1. The van der Waals surface area contributed by atoms with E-state index in [0.29, 0.717) is 36.0 Å². The average molecular weight is 431 g/mol. The Morgan fingerprint density at radius 3 is 2.55 bits per heavy atom. The van der Waals surface area contributed by atoms with E-state index in [-0.39, 0.29) is 0 Å². The lowest BCUT2D eigenvalue weighted by molar-refractivity contribution is -0.137. The number of para-hydroxylation sites is 1. The second-order valence-corrected chi connectivity index (χ2v) is 6.66. The fraction of sp³-hybridized carbons (Fsp3) is 0.190. The van der Waals surface area contributed by atoms with Crippen LogP contribution >= 0.6 is 0 Å². The first-order valence-corrected chi connectivity index (χ1v) is 9.25. The number of alkyl halides is 3. The van der Waals surface area contributed by atoms with Crippen molar-refractivity contribution in [3.63, 3.8) is 0 Å². The van der Waals surface area contributed by atoms with Crippen LogP contribution in [0, 0.1) is 0 Å². The van der Waals surface area contributed by atoms with Crippen molar-refractivity contribution in [2.24, 2.45) is 0 Å². The van der Waals surface area contributed by atoms with E-state index in [1.54, 1.807) is 18.2 Å². The van der Waals surface area contributed by atoms with E-state index in [0.717, 1.165) is 16.8 Å². The minimum atomic E-state index is -4.63. The van der Waals surface area contributed by atoms with Crippen LogP contribution in [0.5, 0.6) is 11.5 Å². The van der Waals surface area contributed by atoms with Crippen molar-refractivity contribution in [2.75, 3.05) is 18.5 Å². The number of anilines is 1. The molecule has 1 N–H and O–H groups in total. The summed E-state index contributed by atoms with van der Waals surface area (Å²) in [6, 6.07) is 12.5. The van der Waals surface area contributed by atoms with Gasteiger partial charge >= 0.3 is 6.18 Å². The van der Waals surface area contributed by atoms with Crippen molar-refractivity contribution in [3.8, 4) is 22.8 Å². The van der Waals surface area contributed by atoms with Crippen LogP contribution in [0.3, 0.4) is 0 Å². The molecule has 1 amide bonds. The van der Waals surface area contributed by atoms with Crippen molar-refractivity contribution >= 4 is 11.6 Å². The van der Waals surface area contributed by atoms with Gasteiger partial charge in [0, 0.05) is 11.6 Å². The number of benzene rings is 2. The molecular formula is C21H16F3N3O4. The molecule has 4 rings (SSSR count). The topological polar surface area (TPSA) is 82.5 Å². The maximum absolute atomic E-state index is 13.1. The molecule has 0 radical (unpaired) electrons. The Morgan fingerprint density at radius 2 is 1.77 bits per heavy atom. The van der Waals surface area contributed by atoms with Gasteiger partial charge in [-0.15, -0.1) is 0 Å². The van der Waals surface area contributed by atoms with E-state index in [1.165, 1.54) is 24.3 Å². The Hall–Kier alpha value is -3.82. The molecule has 0 bridgehead atoms. The van der Waals surface area contributed by atoms with E-state index in [9.17, 15) is 22.8 Å². The summed E-state index contributed by atoms with van der Waals surface area (Å²) in [4.78, 5) is 24.5. The van der Waals surface area contributed by atoms with Crippen LogP contribution in [-0.2, 0) is 17.5 Å². The van der Waals surface area contributed by atoms with Crippen LogP contribution in [0.1, 0.15) is 5.56 Å². The normalized spacial score (nSPS) is 13.0. The summed E-state index contributed by atoms with van der Waals surface area (Å²) in [6.07, 6.45) is -4.63. The predicted molar refractivity (Wildman–Crippen MR) is 105 cm³/mol. The van der Waals surface area contributed by atoms with E-state index >= 15 is 0 Å². The van der Waals surface area contributed by atoms with Crippen molar-refractivity contribution < 1.29 is 27.4 Å². The van der Waals surface area contributed by atoms with Crippen LogP contribution in [0.4, 0.5) is 18.9 Å². The number of hydrogen-bond acceptors (Lipinski definition) is 5. The van der Waals surface area contributed by atoms with Gasteiger partial charge in [0.15, 0.2) is 11.5 Å². The zero-order valence-electron chi connectivity index (χ0n) is 16.0. The van der Waals surface area contributed by atoms with Gasteiger partial charge < -0.3 is 14.8 Å². The molecule has 0 saturated carbocycles. The first kappa shape index (κ1) is 20.5. The summed E-state index contributed by atoms with van der Waals surface area (Å²) in [7, 11) is 0. The monoisotopic (exact) mass is 431 g/mol. The molecule has 2 heterocycles. The van der Waals surface area contributed by atoms with E-state index in [1.807, 2.05) is 0 Å². The molecule has 0 aliphatic carbocycles. The number of halogens is 3. The molecule has 1 aromatic heterocycles. The van der Waals surface area contributed by atoms with Gasteiger partial charge in [0.25, 0.3) is 5.56 Å². The standard InChI is InChI=1S/C21H16F3N3O4/c22-21(23,24)14-3-1-2-4-16(14)25-19(28)12-27-20(29)8-6-15(26-27)13-5-7-17-18(11-13)31-10-9-30-17/h1-8,11H,9-10,12H2,(H,25,28). The van der Waals surface area contributed by atoms with Gasteiger partial charge in [-0.1, -0.05) is 12.1 Å². The molecule has 1 aliphatic heterocycles. The summed E-state index contributed by atoms with van der Waals surface area (Å²) in [5.74, 6) is 0.307. The third kappa shape index (κ3) is 4.52. The van der Waals surface area contributed by atoms with Gasteiger partial charge in [-0.2, -0.15) is 18.3 Å². The Balaban J connectivity index is 1.56. The number of nitrogens with one attached hydrogen (secondary N) is 1. The highest BCUT2D eigenvalue weighted by molar-refractivity contribution is 5.91. The average Bonchev–Trinajstić information content (AvgIpc) is 2.74. The van der Waals surface area contributed by atoms with Crippen LogP contribution in [-0.4, -0.2) is 28.9 Å². The molecule has 2 aromatic carbocycles. The van der Waals surface area contributed by atoms with Gasteiger partial charge in [0.2, 0.25) is 5.91 Å². The number of nitrogens with zero attached hydrogens (tertiary/aromatic N) is 2. The molecule has 0 spiro atoms. The molecule has 1 aliphatic rings. The maximum atomic E-state index is 13.1. The summed E-state index contributed by atoms with van der Waals surface area (Å²) in [5, 5.41) is 6.37. The van der Waals surface area contributed by atoms with E-state index in [2.05, 4.69) is 10.4 Å². The highest BCUT2D eigenvalue weighted by Crippen LogP contribution is 2.35. The first-order valence-electron chi connectivity index (χ1n) is 9.25. The van der Waals surface area contributed by atoms with Gasteiger partial charge in [-0.05, 0) is 36.4 Å². The smallest absolute Gasteiger partial charge is 0.418 e. The molecule has 10 heteroatoms. The number of amides is 1. The number of rotatable bonds is 4.